The smallest absolute Gasteiger partial charge is 0.252 e. The van der Waals surface area contributed by atoms with Gasteiger partial charge < -0.3 is 10.6 Å². The van der Waals surface area contributed by atoms with Crippen LogP contribution in [-0.2, 0) is 30.6 Å². The predicted molar refractivity (Wildman–Crippen MR) is 94.2 cm³/mol. The molecule has 0 bridgehead atoms. The van der Waals surface area contributed by atoms with Crippen LogP contribution < -0.4 is 10.6 Å². The van der Waals surface area contributed by atoms with E-state index in [1.807, 2.05) is 29.5 Å². The van der Waals surface area contributed by atoms with Crippen LogP contribution in [0.4, 0.5) is 0 Å². The molecule has 24 heavy (non-hydrogen) atoms. The van der Waals surface area contributed by atoms with Crippen LogP contribution in [0.1, 0.15) is 44.8 Å². The molecule has 5 heteroatoms. The molecule has 1 aromatic carbocycles. The van der Waals surface area contributed by atoms with E-state index < -0.39 is 6.04 Å². The number of nitrogens with one attached hydrogen (secondary N) is 2. The van der Waals surface area contributed by atoms with Gasteiger partial charge in [-0.1, -0.05) is 18.2 Å². The highest BCUT2D eigenvalue weighted by Crippen LogP contribution is 2.30. The second-order valence-electron chi connectivity index (χ2n) is 6.47. The van der Waals surface area contributed by atoms with E-state index in [9.17, 15) is 9.59 Å². The van der Waals surface area contributed by atoms with Crippen LogP contribution in [0, 0.1) is 0 Å². The molecular weight excluding hydrogens is 320 g/mol. The minimum Gasteiger partial charge on any atom is -0.350 e. The van der Waals surface area contributed by atoms with E-state index in [1.54, 1.807) is 6.07 Å². The molecule has 2 aliphatic rings. The van der Waals surface area contributed by atoms with Gasteiger partial charge in [-0.2, -0.15) is 0 Å². The van der Waals surface area contributed by atoms with E-state index >= 15 is 0 Å². The quantitative estimate of drug-likeness (QED) is 0.902. The lowest BCUT2D eigenvalue weighted by Crippen LogP contribution is -2.50. The van der Waals surface area contributed by atoms with Gasteiger partial charge in [-0.05, 0) is 53.8 Å². The molecular formula is C19H20N2O2S. The second-order valence-corrected chi connectivity index (χ2v) is 7.44. The van der Waals surface area contributed by atoms with Gasteiger partial charge >= 0.3 is 0 Å². The normalized spacial score (nSPS) is 19.2. The maximum atomic E-state index is 12.5. The molecule has 0 radical (unpaired) electrons. The van der Waals surface area contributed by atoms with Crippen LogP contribution in [0.3, 0.4) is 0 Å². The summed E-state index contributed by atoms with van der Waals surface area (Å²) in [5.74, 6) is -0.265. The van der Waals surface area contributed by atoms with Gasteiger partial charge in [-0.15, -0.1) is 11.3 Å². The van der Waals surface area contributed by atoms with Crippen LogP contribution in [0.2, 0.25) is 0 Å². The van der Waals surface area contributed by atoms with Crippen molar-refractivity contribution >= 4 is 23.2 Å². The third-order valence-electron chi connectivity index (χ3n) is 4.91. The van der Waals surface area contributed by atoms with Crippen molar-refractivity contribution in [3.8, 4) is 0 Å². The SMILES string of the molecule is O=C1NC(C(=O)NCc2csc3c2CCCC3)Cc2ccccc21. The summed E-state index contributed by atoms with van der Waals surface area (Å²) in [7, 11) is 0. The first-order valence-electron chi connectivity index (χ1n) is 8.47. The zero-order chi connectivity index (χ0) is 16.5. The monoisotopic (exact) mass is 340 g/mol. The Hall–Kier alpha value is -2.14. The summed E-state index contributed by atoms with van der Waals surface area (Å²) >= 11 is 1.81. The number of aryl methyl sites for hydroxylation is 1. The lowest BCUT2D eigenvalue weighted by molar-refractivity contribution is -0.123. The summed E-state index contributed by atoms with van der Waals surface area (Å²) in [6.07, 6.45) is 5.35. The fourth-order valence-corrected chi connectivity index (χ4v) is 4.75. The summed E-state index contributed by atoms with van der Waals surface area (Å²) < 4.78 is 0. The number of carbonyl (C=O) groups excluding carboxylic acids is 2. The number of rotatable bonds is 3. The van der Waals surface area contributed by atoms with Crippen molar-refractivity contribution in [1.82, 2.24) is 10.6 Å². The number of benzene rings is 1. The molecule has 0 spiro atoms. The summed E-state index contributed by atoms with van der Waals surface area (Å²) in [6.45, 7) is 0.554. The molecule has 1 unspecified atom stereocenters. The minimum absolute atomic E-state index is 0.103. The average Bonchev–Trinajstić information content (AvgIpc) is 3.03. The van der Waals surface area contributed by atoms with Gasteiger partial charge in [0.15, 0.2) is 0 Å². The molecule has 4 nitrogen and oxygen atoms in total. The largest absolute Gasteiger partial charge is 0.350 e. The molecule has 1 aliphatic carbocycles. The van der Waals surface area contributed by atoms with Gasteiger partial charge in [0.25, 0.3) is 5.91 Å². The summed E-state index contributed by atoms with van der Waals surface area (Å²) in [5, 5.41) is 8.00. The van der Waals surface area contributed by atoms with E-state index in [2.05, 4.69) is 16.0 Å². The van der Waals surface area contributed by atoms with Gasteiger partial charge in [0, 0.05) is 23.4 Å². The van der Waals surface area contributed by atoms with Crippen LogP contribution >= 0.6 is 11.3 Å². The first-order chi connectivity index (χ1) is 11.7. The molecule has 2 amide bonds. The van der Waals surface area contributed by atoms with Crippen LogP contribution in [0.25, 0.3) is 0 Å². The lowest BCUT2D eigenvalue weighted by atomic mass is 9.94. The Kier molecular flexibility index (Phi) is 4.10. The Morgan fingerprint density at radius 2 is 2.08 bits per heavy atom. The first-order valence-corrected chi connectivity index (χ1v) is 9.35. The summed E-state index contributed by atoms with van der Waals surface area (Å²) in [4.78, 5) is 26.1. The van der Waals surface area contributed by atoms with Gasteiger partial charge in [-0.3, -0.25) is 9.59 Å². The lowest BCUT2D eigenvalue weighted by Gasteiger charge is -2.25. The van der Waals surface area contributed by atoms with Crippen molar-refractivity contribution in [2.45, 2.75) is 44.7 Å². The topological polar surface area (TPSA) is 58.2 Å². The summed E-state index contributed by atoms with van der Waals surface area (Å²) in [6, 6.07) is 6.99. The van der Waals surface area contributed by atoms with Crippen molar-refractivity contribution in [2.24, 2.45) is 0 Å². The van der Waals surface area contributed by atoms with Crippen LogP contribution in [0.5, 0.6) is 0 Å². The van der Waals surface area contributed by atoms with E-state index in [0.717, 1.165) is 12.0 Å². The highest BCUT2D eigenvalue weighted by Gasteiger charge is 2.28. The Bertz CT molecular complexity index is 796. The Morgan fingerprint density at radius 1 is 1.25 bits per heavy atom. The highest BCUT2D eigenvalue weighted by molar-refractivity contribution is 7.10. The Labute approximate surface area is 145 Å². The van der Waals surface area contributed by atoms with Gasteiger partial charge in [0.05, 0.1) is 0 Å². The number of amides is 2. The highest BCUT2D eigenvalue weighted by atomic mass is 32.1. The second kappa shape index (κ2) is 6.40. The van der Waals surface area contributed by atoms with E-state index in [1.165, 1.54) is 35.3 Å². The van der Waals surface area contributed by atoms with Crippen molar-refractivity contribution in [3.05, 3.63) is 56.8 Å². The molecule has 1 atom stereocenters. The third kappa shape index (κ3) is 2.84. The molecule has 124 valence electrons. The Morgan fingerprint density at radius 3 is 3.00 bits per heavy atom. The zero-order valence-electron chi connectivity index (χ0n) is 13.4. The standard InChI is InChI=1S/C19H20N2O2S/c22-18-15-7-2-1-5-12(15)9-16(21-18)19(23)20-10-13-11-24-17-8-4-3-6-14(13)17/h1-2,5,7,11,16H,3-4,6,8-10H2,(H,20,23)(H,21,22). The molecule has 2 heterocycles. The molecule has 0 saturated heterocycles. The van der Waals surface area contributed by atoms with E-state index in [0.29, 0.717) is 18.5 Å². The summed E-state index contributed by atoms with van der Waals surface area (Å²) in [5.41, 5.74) is 4.29. The van der Waals surface area contributed by atoms with Gasteiger partial charge in [0.1, 0.15) is 6.04 Å². The predicted octanol–water partition coefficient (Wildman–Crippen LogP) is 2.60. The molecule has 0 saturated carbocycles. The van der Waals surface area contributed by atoms with Crippen molar-refractivity contribution in [1.29, 1.82) is 0 Å². The number of hydrogen-bond acceptors (Lipinski definition) is 3. The number of carbonyl (C=O) groups is 2. The molecule has 2 aromatic rings. The van der Waals surface area contributed by atoms with Crippen molar-refractivity contribution in [3.63, 3.8) is 0 Å². The fourth-order valence-electron chi connectivity index (χ4n) is 3.60. The first kappa shape index (κ1) is 15.4. The number of fused-ring (bicyclic) bond motifs is 2. The van der Waals surface area contributed by atoms with Crippen LogP contribution in [0.15, 0.2) is 29.6 Å². The number of thiophene rings is 1. The van der Waals surface area contributed by atoms with Gasteiger partial charge in [-0.25, -0.2) is 0 Å². The zero-order valence-corrected chi connectivity index (χ0v) is 14.2. The maximum absolute atomic E-state index is 12.5. The molecule has 4 rings (SSSR count). The molecule has 1 aromatic heterocycles. The Balaban J connectivity index is 1.42. The van der Waals surface area contributed by atoms with Gasteiger partial charge in [0.2, 0.25) is 5.91 Å². The molecule has 0 fully saturated rings. The third-order valence-corrected chi connectivity index (χ3v) is 6.05. The van der Waals surface area contributed by atoms with E-state index in [4.69, 9.17) is 0 Å². The number of hydrogen-bond donors (Lipinski definition) is 2. The van der Waals surface area contributed by atoms with Crippen LogP contribution in [-0.4, -0.2) is 17.9 Å². The van der Waals surface area contributed by atoms with Crippen molar-refractivity contribution < 1.29 is 9.59 Å². The average molecular weight is 340 g/mol. The van der Waals surface area contributed by atoms with E-state index in [-0.39, 0.29) is 11.8 Å². The van der Waals surface area contributed by atoms with Crippen molar-refractivity contribution in [2.75, 3.05) is 0 Å². The molecule has 1 aliphatic heterocycles. The fraction of sp³-hybridized carbons (Fsp3) is 0.368. The maximum Gasteiger partial charge on any atom is 0.252 e. The minimum atomic E-state index is -0.484. The molecule has 2 N–H and O–H groups in total.